The minimum atomic E-state index is -0.991. The number of hydrogen-bond donors (Lipinski definition) is 2. The lowest BCUT2D eigenvalue weighted by Crippen LogP contribution is -2.10. The molecule has 0 aromatic heterocycles. The second-order valence-electron chi connectivity index (χ2n) is 7.02. The summed E-state index contributed by atoms with van der Waals surface area (Å²) in [5.41, 5.74) is 6.46. The van der Waals surface area contributed by atoms with E-state index in [4.69, 9.17) is 9.84 Å². The van der Waals surface area contributed by atoms with Gasteiger partial charge in [0.05, 0.1) is 0 Å². The number of aryl methyl sites for hydroxylation is 2. The van der Waals surface area contributed by atoms with E-state index < -0.39 is 5.97 Å². The van der Waals surface area contributed by atoms with Gasteiger partial charge in [-0.2, -0.15) is 0 Å². The summed E-state index contributed by atoms with van der Waals surface area (Å²) in [6, 6.07) is 19.6. The first-order chi connectivity index (χ1) is 13.4. The quantitative estimate of drug-likeness (QED) is 0.630. The molecular weight excluding hydrogens is 352 g/mol. The Morgan fingerprint density at radius 3 is 2.21 bits per heavy atom. The number of rotatable bonds is 7. The normalized spacial score (nSPS) is 10.6. The molecule has 0 aliphatic heterocycles. The fourth-order valence-electron chi connectivity index (χ4n) is 3.37. The molecule has 144 valence electrons. The maximum absolute atomic E-state index is 10.7. The monoisotopic (exact) mass is 376 g/mol. The van der Waals surface area contributed by atoms with Crippen molar-refractivity contribution in [2.45, 2.75) is 26.7 Å². The molecule has 2 N–H and O–H groups in total. The van der Waals surface area contributed by atoms with E-state index in [-0.39, 0.29) is 6.61 Å². The van der Waals surface area contributed by atoms with Crippen LogP contribution in [0.1, 0.15) is 33.4 Å². The van der Waals surface area contributed by atoms with Crippen molar-refractivity contribution in [1.29, 1.82) is 0 Å². The Labute approximate surface area is 165 Å². The van der Waals surface area contributed by atoms with Gasteiger partial charge in [0.15, 0.2) is 6.61 Å². The summed E-state index contributed by atoms with van der Waals surface area (Å²) in [6.07, 6.45) is 1.42. The molecule has 0 fully saturated rings. The van der Waals surface area contributed by atoms with Crippen LogP contribution in [0.5, 0.6) is 11.5 Å². The predicted octanol–water partition coefficient (Wildman–Crippen LogP) is 4.65. The SMILES string of the molecule is Cc1cc(OCC(=O)O)cc(C)c1Cc1ccc(O)c(Cc2ccccc2)c1. The second kappa shape index (κ2) is 8.61. The number of hydrogen-bond acceptors (Lipinski definition) is 3. The largest absolute Gasteiger partial charge is 0.508 e. The molecule has 4 heteroatoms. The molecule has 0 atom stereocenters. The predicted molar refractivity (Wildman–Crippen MR) is 109 cm³/mol. The molecule has 0 radical (unpaired) electrons. The molecule has 0 aliphatic rings. The summed E-state index contributed by atoms with van der Waals surface area (Å²) >= 11 is 0. The summed E-state index contributed by atoms with van der Waals surface area (Å²) in [7, 11) is 0. The van der Waals surface area contributed by atoms with E-state index >= 15 is 0 Å². The molecule has 0 spiro atoms. The standard InChI is InChI=1S/C24H24O4/c1-16-10-21(28-15-24(26)27)11-17(2)22(16)14-19-8-9-23(25)20(13-19)12-18-6-4-3-5-7-18/h3-11,13,25H,12,14-15H2,1-2H3,(H,26,27). The van der Waals surface area contributed by atoms with Crippen molar-refractivity contribution < 1.29 is 19.7 Å². The number of carboxylic acid groups (broad SMARTS) is 1. The molecule has 3 aromatic carbocycles. The van der Waals surface area contributed by atoms with E-state index in [0.717, 1.165) is 34.2 Å². The van der Waals surface area contributed by atoms with E-state index in [2.05, 4.69) is 18.2 Å². The van der Waals surface area contributed by atoms with E-state index in [1.54, 1.807) is 6.07 Å². The molecule has 4 nitrogen and oxygen atoms in total. The zero-order valence-electron chi connectivity index (χ0n) is 16.1. The molecule has 0 saturated heterocycles. The van der Waals surface area contributed by atoms with Gasteiger partial charge in [-0.1, -0.05) is 42.5 Å². The number of carboxylic acids is 1. The Morgan fingerprint density at radius 1 is 0.893 bits per heavy atom. The third-order valence-corrected chi connectivity index (χ3v) is 4.79. The Morgan fingerprint density at radius 2 is 1.57 bits per heavy atom. The van der Waals surface area contributed by atoms with Crippen molar-refractivity contribution in [3.63, 3.8) is 0 Å². The lowest BCUT2D eigenvalue weighted by molar-refractivity contribution is -0.139. The van der Waals surface area contributed by atoms with E-state index in [9.17, 15) is 9.90 Å². The van der Waals surface area contributed by atoms with E-state index in [1.165, 1.54) is 5.56 Å². The molecule has 3 rings (SSSR count). The number of carbonyl (C=O) groups is 1. The summed E-state index contributed by atoms with van der Waals surface area (Å²) < 4.78 is 5.30. The highest BCUT2D eigenvalue weighted by molar-refractivity contribution is 5.68. The Kier molecular flexibility index (Phi) is 5.99. The van der Waals surface area contributed by atoms with Crippen molar-refractivity contribution in [1.82, 2.24) is 0 Å². The highest BCUT2D eigenvalue weighted by Crippen LogP contribution is 2.27. The lowest BCUT2D eigenvalue weighted by atomic mass is 9.93. The van der Waals surface area contributed by atoms with Crippen LogP contribution in [-0.2, 0) is 17.6 Å². The van der Waals surface area contributed by atoms with E-state index in [0.29, 0.717) is 17.9 Å². The Bertz CT molecular complexity index is 954. The third kappa shape index (κ3) is 4.92. The van der Waals surface area contributed by atoms with Crippen LogP contribution in [0.4, 0.5) is 0 Å². The number of benzene rings is 3. The minimum Gasteiger partial charge on any atom is -0.508 e. The highest BCUT2D eigenvalue weighted by Gasteiger charge is 2.10. The lowest BCUT2D eigenvalue weighted by Gasteiger charge is -2.14. The summed E-state index contributed by atoms with van der Waals surface area (Å²) in [4.78, 5) is 10.7. The second-order valence-corrected chi connectivity index (χ2v) is 7.02. The molecule has 3 aromatic rings. The van der Waals surface area contributed by atoms with Crippen molar-refractivity contribution in [2.24, 2.45) is 0 Å². The van der Waals surface area contributed by atoms with E-state index in [1.807, 2.05) is 50.2 Å². The summed E-state index contributed by atoms with van der Waals surface area (Å²) in [6.45, 7) is 3.65. The summed E-state index contributed by atoms with van der Waals surface area (Å²) in [5, 5.41) is 19.0. The third-order valence-electron chi connectivity index (χ3n) is 4.79. The first-order valence-corrected chi connectivity index (χ1v) is 9.22. The Balaban J connectivity index is 1.81. The van der Waals surface area contributed by atoms with Crippen LogP contribution in [0.3, 0.4) is 0 Å². The van der Waals surface area contributed by atoms with Crippen molar-refractivity contribution in [3.8, 4) is 11.5 Å². The maximum Gasteiger partial charge on any atom is 0.341 e. The van der Waals surface area contributed by atoms with Crippen molar-refractivity contribution >= 4 is 5.97 Å². The first-order valence-electron chi connectivity index (χ1n) is 9.22. The van der Waals surface area contributed by atoms with Gasteiger partial charge in [-0.05, 0) is 71.8 Å². The van der Waals surface area contributed by atoms with Crippen LogP contribution in [0.25, 0.3) is 0 Å². The zero-order valence-corrected chi connectivity index (χ0v) is 16.1. The topological polar surface area (TPSA) is 66.8 Å². The van der Waals surface area contributed by atoms with Gasteiger partial charge < -0.3 is 14.9 Å². The zero-order chi connectivity index (χ0) is 20.1. The van der Waals surface area contributed by atoms with Gasteiger partial charge in [-0.3, -0.25) is 0 Å². The molecular formula is C24H24O4. The number of aliphatic carboxylic acids is 1. The van der Waals surface area contributed by atoms with Crippen LogP contribution >= 0.6 is 0 Å². The number of ether oxygens (including phenoxy) is 1. The number of phenolic OH excluding ortho intramolecular Hbond substituents is 1. The fraction of sp³-hybridized carbons (Fsp3) is 0.208. The van der Waals surface area contributed by atoms with Crippen LogP contribution < -0.4 is 4.74 Å². The van der Waals surface area contributed by atoms with Gasteiger partial charge in [0, 0.05) is 6.42 Å². The Hall–Kier alpha value is -3.27. The molecule has 0 amide bonds. The van der Waals surface area contributed by atoms with Gasteiger partial charge in [0.1, 0.15) is 11.5 Å². The smallest absolute Gasteiger partial charge is 0.341 e. The van der Waals surface area contributed by atoms with Crippen LogP contribution in [0, 0.1) is 13.8 Å². The van der Waals surface area contributed by atoms with Crippen LogP contribution in [0.2, 0.25) is 0 Å². The van der Waals surface area contributed by atoms with Gasteiger partial charge in [0.25, 0.3) is 0 Å². The molecule has 0 unspecified atom stereocenters. The van der Waals surface area contributed by atoms with Gasteiger partial charge in [-0.15, -0.1) is 0 Å². The van der Waals surface area contributed by atoms with Crippen molar-refractivity contribution in [3.05, 3.63) is 94.0 Å². The van der Waals surface area contributed by atoms with Crippen LogP contribution in [-0.4, -0.2) is 22.8 Å². The number of phenols is 1. The molecule has 28 heavy (non-hydrogen) atoms. The average molecular weight is 376 g/mol. The van der Waals surface area contributed by atoms with Crippen molar-refractivity contribution in [2.75, 3.05) is 6.61 Å². The highest BCUT2D eigenvalue weighted by atomic mass is 16.5. The fourth-order valence-corrected chi connectivity index (χ4v) is 3.37. The molecule has 0 saturated carbocycles. The van der Waals surface area contributed by atoms with Gasteiger partial charge >= 0.3 is 5.97 Å². The molecule has 0 heterocycles. The maximum atomic E-state index is 10.7. The number of aromatic hydroxyl groups is 1. The van der Waals surface area contributed by atoms with Gasteiger partial charge in [-0.25, -0.2) is 4.79 Å². The van der Waals surface area contributed by atoms with Gasteiger partial charge in [0.2, 0.25) is 0 Å². The molecule has 0 aliphatic carbocycles. The first kappa shape index (κ1) is 19.5. The average Bonchev–Trinajstić information content (AvgIpc) is 2.66. The van der Waals surface area contributed by atoms with Crippen LogP contribution in [0.15, 0.2) is 60.7 Å². The molecule has 0 bridgehead atoms. The summed E-state index contributed by atoms with van der Waals surface area (Å²) in [5.74, 6) is -0.121. The minimum absolute atomic E-state index is 0.304.